The van der Waals surface area contributed by atoms with E-state index in [0.29, 0.717) is 5.56 Å². The van der Waals surface area contributed by atoms with Gasteiger partial charge in [0, 0.05) is 23.5 Å². The average molecular weight is 553 g/mol. The Hall–Kier alpha value is -4.75. The second-order valence-corrected chi connectivity index (χ2v) is 9.23. The van der Waals surface area contributed by atoms with Crippen LogP contribution in [-0.4, -0.2) is 75.6 Å². The van der Waals surface area contributed by atoms with Gasteiger partial charge in [0.05, 0.1) is 19.1 Å². The number of fused-ring (bicyclic) bond motifs is 1. The van der Waals surface area contributed by atoms with Crippen molar-refractivity contribution in [3.8, 4) is 0 Å². The molecular weight excluding hydrogens is 520 g/mol. The van der Waals surface area contributed by atoms with Crippen molar-refractivity contribution in [3.05, 3.63) is 71.9 Å². The van der Waals surface area contributed by atoms with Gasteiger partial charge in [-0.1, -0.05) is 48.5 Å². The second kappa shape index (κ2) is 13.9. The molecule has 4 amide bonds. The summed E-state index contributed by atoms with van der Waals surface area (Å²) in [6.07, 6.45) is 1.20. The Bertz CT molecular complexity index is 1360. The number of aromatic amines is 1. The van der Waals surface area contributed by atoms with Crippen LogP contribution in [-0.2, 0) is 36.8 Å². The molecule has 40 heavy (non-hydrogen) atoms. The number of aliphatic carboxylic acids is 1. The first-order chi connectivity index (χ1) is 19.1. The van der Waals surface area contributed by atoms with E-state index in [-0.39, 0.29) is 12.8 Å². The second-order valence-electron chi connectivity index (χ2n) is 9.23. The number of hydrogen-bond acceptors (Lipinski definition) is 7. The first-order valence-corrected chi connectivity index (χ1v) is 12.5. The van der Waals surface area contributed by atoms with Crippen molar-refractivity contribution in [2.24, 2.45) is 11.5 Å². The number of H-pyrrole nitrogens is 1. The summed E-state index contributed by atoms with van der Waals surface area (Å²) in [6.45, 7) is -0.882. The fourth-order valence-electron chi connectivity index (χ4n) is 4.11. The van der Waals surface area contributed by atoms with Crippen molar-refractivity contribution in [1.29, 1.82) is 0 Å². The lowest BCUT2D eigenvalue weighted by Crippen LogP contribution is -2.59. The number of amides is 4. The lowest BCUT2D eigenvalue weighted by Gasteiger charge is -2.24. The van der Waals surface area contributed by atoms with E-state index in [1.54, 1.807) is 36.5 Å². The van der Waals surface area contributed by atoms with Crippen LogP contribution >= 0.6 is 0 Å². The molecular formula is C27H32N6O7. The maximum atomic E-state index is 12.9. The van der Waals surface area contributed by atoms with Gasteiger partial charge in [-0.3, -0.25) is 19.2 Å². The van der Waals surface area contributed by atoms with Gasteiger partial charge in [0.1, 0.15) is 18.1 Å². The predicted molar refractivity (Wildman–Crippen MR) is 144 cm³/mol. The van der Waals surface area contributed by atoms with Crippen LogP contribution in [0.2, 0.25) is 0 Å². The molecule has 0 unspecified atom stereocenters. The number of benzene rings is 2. The molecule has 0 saturated carbocycles. The van der Waals surface area contributed by atoms with E-state index in [2.05, 4.69) is 20.9 Å². The van der Waals surface area contributed by atoms with E-state index in [0.717, 1.165) is 16.5 Å². The molecule has 13 heteroatoms. The first kappa shape index (κ1) is 29.8. The molecule has 0 spiro atoms. The number of carbonyl (C=O) groups is 5. The van der Waals surface area contributed by atoms with E-state index in [4.69, 9.17) is 11.5 Å². The van der Waals surface area contributed by atoms with Crippen LogP contribution in [0.5, 0.6) is 0 Å². The quantitative estimate of drug-likeness (QED) is 0.119. The molecule has 3 aromatic rings. The molecule has 2 aromatic carbocycles. The van der Waals surface area contributed by atoms with E-state index in [1.165, 1.54) is 0 Å². The fourth-order valence-corrected chi connectivity index (χ4v) is 4.11. The van der Waals surface area contributed by atoms with Gasteiger partial charge < -0.3 is 42.6 Å². The normalized spacial score (nSPS) is 13.9. The third-order valence-corrected chi connectivity index (χ3v) is 6.20. The third kappa shape index (κ3) is 8.12. The fraction of sp³-hybridized carbons (Fsp3) is 0.296. The highest BCUT2D eigenvalue weighted by molar-refractivity contribution is 5.96. The number of rotatable bonds is 14. The number of aliphatic hydroxyl groups is 1. The summed E-state index contributed by atoms with van der Waals surface area (Å²) in [4.78, 5) is 64.9. The van der Waals surface area contributed by atoms with Crippen molar-refractivity contribution in [1.82, 2.24) is 20.9 Å². The van der Waals surface area contributed by atoms with Crippen molar-refractivity contribution in [2.45, 2.75) is 43.4 Å². The Labute approximate surface area is 229 Å². The maximum Gasteiger partial charge on any atom is 0.326 e. The van der Waals surface area contributed by atoms with Crippen molar-refractivity contribution in [2.75, 3.05) is 6.61 Å². The molecule has 0 aliphatic rings. The van der Waals surface area contributed by atoms with Crippen LogP contribution in [0.3, 0.4) is 0 Å². The van der Waals surface area contributed by atoms with Crippen LogP contribution in [0.4, 0.5) is 0 Å². The highest BCUT2D eigenvalue weighted by atomic mass is 16.4. The van der Waals surface area contributed by atoms with Gasteiger partial charge in [0.2, 0.25) is 23.6 Å². The number of aromatic nitrogens is 1. The van der Waals surface area contributed by atoms with Gasteiger partial charge in [-0.15, -0.1) is 0 Å². The molecule has 212 valence electrons. The number of nitrogens with one attached hydrogen (secondary N) is 4. The summed E-state index contributed by atoms with van der Waals surface area (Å²) < 4.78 is 0. The molecule has 13 nitrogen and oxygen atoms in total. The highest BCUT2D eigenvalue weighted by Gasteiger charge is 2.31. The van der Waals surface area contributed by atoms with Gasteiger partial charge in [-0.2, -0.15) is 0 Å². The first-order valence-electron chi connectivity index (χ1n) is 12.5. The zero-order valence-electron chi connectivity index (χ0n) is 21.5. The summed E-state index contributed by atoms with van der Waals surface area (Å²) in [5.41, 5.74) is 13.6. The lowest BCUT2D eigenvalue weighted by molar-refractivity contribution is -0.142. The monoisotopic (exact) mass is 552 g/mol. The molecule has 0 fully saturated rings. The average Bonchev–Trinajstić information content (AvgIpc) is 3.33. The molecule has 0 aliphatic carbocycles. The van der Waals surface area contributed by atoms with E-state index in [9.17, 15) is 34.2 Å². The molecule has 4 atom stereocenters. The Morgan fingerprint density at radius 2 is 1.40 bits per heavy atom. The van der Waals surface area contributed by atoms with Crippen molar-refractivity contribution >= 4 is 40.5 Å². The summed E-state index contributed by atoms with van der Waals surface area (Å²) >= 11 is 0. The van der Waals surface area contributed by atoms with Gasteiger partial charge in [-0.05, 0) is 23.6 Å². The van der Waals surface area contributed by atoms with Gasteiger partial charge in [0.25, 0.3) is 0 Å². The van der Waals surface area contributed by atoms with Crippen LogP contribution < -0.4 is 27.4 Å². The Balaban J connectivity index is 1.64. The molecule has 0 bridgehead atoms. The van der Waals surface area contributed by atoms with Gasteiger partial charge in [-0.25, -0.2) is 4.79 Å². The maximum absolute atomic E-state index is 12.9. The highest BCUT2D eigenvalue weighted by Crippen LogP contribution is 2.18. The number of carboxylic acids is 1. The van der Waals surface area contributed by atoms with Crippen LogP contribution in [0.1, 0.15) is 17.5 Å². The van der Waals surface area contributed by atoms with Crippen LogP contribution in [0, 0.1) is 0 Å². The lowest BCUT2D eigenvalue weighted by atomic mass is 10.0. The molecule has 0 saturated heterocycles. The summed E-state index contributed by atoms with van der Waals surface area (Å²) in [7, 11) is 0. The zero-order valence-corrected chi connectivity index (χ0v) is 21.5. The van der Waals surface area contributed by atoms with E-state index >= 15 is 0 Å². The van der Waals surface area contributed by atoms with Gasteiger partial charge >= 0.3 is 5.97 Å². The number of aliphatic hydroxyl groups excluding tert-OH is 1. The minimum Gasteiger partial charge on any atom is -0.480 e. The number of carbonyl (C=O) groups excluding carboxylic acids is 4. The Kier molecular flexibility index (Phi) is 10.3. The minimum atomic E-state index is -1.57. The Morgan fingerprint density at radius 3 is 2.05 bits per heavy atom. The van der Waals surface area contributed by atoms with E-state index in [1.807, 2.05) is 24.3 Å². The number of nitrogens with two attached hydrogens (primary N) is 2. The number of primary amides is 1. The summed E-state index contributed by atoms with van der Waals surface area (Å²) in [5.74, 6) is -4.94. The predicted octanol–water partition coefficient (Wildman–Crippen LogP) is -1.31. The van der Waals surface area contributed by atoms with Gasteiger partial charge in [0.15, 0.2) is 0 Å². The van der Waals surface area contributed by atoms with Crippen LogP contribution in [0.15, 0.2) is 60.8 Å². The molecule has 1 aromatic heterocycles. The number of para-hydroxylation sites is 1. The zero-order chi connectivity index (χ0) is 29.2. The SMILES string of the molecule is NC(=O)C[C@H](NC(=O)[C@@H](N)Cc1c[nH]c2ccccc12)C(=O)N[C@@H](CO)C(=O)N[C@@H](Cc1ccccc1)C(=O)O. The largest absolute Gasteiger partial charge is 0.480 e. The minimum absolute atomic E-state index is 0.0390. The number of carboxylic acid groups (broad SMARTS) is 1. The standard InChI is InChI=1S/C27H32N6O7/c28-18(11-16-13-30-19-9-5-4-8-17(16)19)24(36)31-20(12-23(29)35)25(37)33-22(14-34)26(38)32-21(27(39)40)10-15-6-2-1-3-7-15/h1-9,13,18,20-22,30,34H,10-12,14,28H2,(H2,29,35)(H,31,36)(H,32,38)(H,33,37)(H,39,40)/t18-,20-,21-,22-/m0/s1. The molecule has 10 N–H and O–H groups in total. The van der Waals surface area contributed by atoms with E-state index < -0.39 is 66.8 Å². The van der Waals surface area contributed by atoms with Crippen molar-refractivity contribution < 1.29 is 34.2 Å². The Morgan fingerprint density at radius 1 is 0.800 bits per heavy atom. The third-order valence-electron chi connectivity index (χ3n) is 6.20. The smallest absolute Gasteiger partial charge is 0.326 e. The number of hydrogen-bond donors (Lipinski definition) is 8. The molecule has 0 radical (unpaired) electrons. The molecule has 1 heterocycles. The summed E-state index contributed by atoms with van der Waals surface area (Å²) in [6, 6.07) is 10.5. The molecule has 0 aliphatic heterocycles. The van der Waals surface area contributed by atoms with Crippen molar-refractivity contribution in [3.63, 3.8) is 0 Å². The van der Waals surface area contributed by atoms with Crippen LogP contribution in [0.25, 0.3) is 10.9 Å². The topological polar surface area (TPSA) is 230 Å². The molecule has 3 rings (SSSR count). The summed E-state index contributed by atoms with van der Waals surface area (Å²) in [5, 5.41) is 27.0.